The average Bonchev–Trinajstić information content (AvgIpc) is 3.45. The highest BCUT2D eigenvalue weighted by Gasteiger charge is 2.88. The van der Waals surface area contributed by atoms with Crippen molar-refractivity contribution in [2.75, 3.05) is 6.61 Å². The minimum Gasteiger partial charge on any atom is -0.388 e. The highest BCUT2D eigenvalue weighted by atomic mass is 35.5. The largest absolute Gasteiger partial charge is 0.388 e. The molecule has 2 bridgehead atoms. The third-order valence-corrected chi connectivity index (χ3v) is 16.1. The first-order valence-electron chi connectivity index (χ1n) is 17.4. The van der Waals surface area contributed by atoms with Gasteiger partial charge in [-0.1, -0.05) is 34.6 Å². The molecule has 0 radical (unpaired) electrons. The summed E-state index contributed by atoms with van der Waals surface area (Å²) in [6.45, 7) is 15.8. The summed E-state index contributed by atoms with van der Waals surface area (Å²) in [5, 5.41) is 43.5. The highest BCUT2D eigenvalue weighted by molar-refractivity contribution is 6.23. The maximum Gasteiger partial charge on any atom is 0.199 e. The number of aliphatic hydroxyl groups is 4. The van der Waals surface area contributed by atoms with Crippen LogP contribution in [-0.4, -0.2) is 86.7 Å². The van der Waals surface area contributed by atoms with Gasteiger partial charge in [-0.25, -0.2) is 0 Å². The fourth-order valence-electron chi connectivity index (χ4n) is 13.9. The summed E-state index contributed by atoms with van der Waals surface area (Å²) in [4.78, 5) is -0.583. The molecule has 3 spiro atoms. The lowest BCUT2D eigenvalue weighted by Crippen LogP contribution is -2.61. The van der Waals surface area contributed by atoms with Crippen molar-refractivity contribution >= 4 is 11.6 Å². The minimum atomic E-state index is -1.28. The molecule has 3 aliphatic heterocycles. The standard InChI is InChI=1S/C35H55ClO8/c1-17-14-19-26(30(4,5)36)44-35(43-19)25(17)31(6)12-13-34-16-33(34)11-10-22(42-27-24(39)23(38)18(37)15-41-27)29(2,3)20(33)8-9-21(34)32(31,7)28(35)40/h17-28,37-40H,8-16H2,1-7H3/t17-,18-,19-,20+,21+,22+,23+,24-,25-,26+,27+,28-,31-,32-,33-,34+,35+/m1/s1. The number of hydrogen-bond donors (Lipinski definition) is 4. The lowest BCUT2D eigenvalue weighted by Gasteiger charge is -2.63. The number of alkyl halides is 1. The Morgan fingerprint density at radius 2 is 1.55 bits per heavy atom. The van der Waals surface area contributed by atoms with Crippen LogP contribution in [0.1, 0.15) is 99.8 Å². The Kier molecular flexibility index (Phi) is 6.50. The third kappa shape index (κ3) is 3.45. The van der Waals surface area contributed by atoms with Crippen molar-refractivity contribution in [1.29, 1.82) is 0 Å². The first kappa shape index (κ1) is 31.3. The molecule has 5 saturated carbocycles. The molecule has 250 valence electrons. The van der Waals surface area contributed by atoms with Gasteiger partial charge < -0.3 is 39.4 Å². The van der Waals surface area contributed by atoms with Gasteiger partial charge in [0.1, 0.15) is 30.5 Å². The van der Waals surface area contributed by atoms with Gasteiger partial charge in [0.05, 0.1) is 23.7 Å². The first-order valence-corrected chi connectivity index (χ1v) is 17.8. The van der Waals surface area contributed by atoms with Crippen LogP contribution in [0.15, 0.2) is 0 Å². The summed E-state index contributed by atoms with van der Waals surface area (Å²) in [6, 6.07) is 0. The summed E-state index contributed by atoms with van der Waals surface area (Å²) < 4.78 is 26.0. The van der Waals surface area contributed by atoms with E-state index < -0.39 is 41.4 Å². The molecular formula is C35H55ClO8. The van der Waals surface area contributed by atoms with Crippen LogP contribution >= 0.6 is 11.6 Å². The molecule has 3 saturated heterocycles. The van der Waals surface area contributed by atoms with Crippen molar-refractivity contribution in [3.05, 3.63) is 0 Å². The van der Waals surface area contributed by atoms with Gasteiger partial charge in [0, 0.05) is 11.3 Å². The van der Waals surface area contributed by atoms with Gasteiger partial charge in [0.2, 0.25) is 0 Å². The maximum atomic E-state index is 12.7. The smallest absolute Gasteiger partial charge is 0.199 e. The fraction of sp³-hybridized carbons (Fsp3) is 1.00. The lowest BCUT2D eigenvalue weighted by atomic mass is 9.41. The Labute approximate surface area is 267 Å². The van der Waals surface area contributed by atoms with Crippen LogP contribution in [0.4, 0.5) is 0 Å². The van der Waals surface area contributed by atoms with E-state index >= 15 is 0 Å². The Morgan fingerprint density at radius 3 is 2.25 bits per heavy atom. The molecule has 0 aromatic carbocycles. The summed E-state index contributed by atoms with van der Waals surface area (Å²) in [5.41, 5.74) is -0.205. The molecule has 0 unspecified atom stereocenters. The van der Waals surface area contributed by atoms with E-state index in [9.17, 15) is 20.4 Å². The van der Waals surface area contributed by atoms with E-state index in [-0.39, 0.29) is 57.9 Å². The van der Waals surface area contributed by atoms with Gasteiger partial charge in [-0.15, -0.1) is 11.6 Å². The monoisotopic (exact) mass is 638 g/mol. The van der Waals surface area contributed by atoms with Crippen molar-refractivity contribution in [1.82, 2.24) is 0 Å². The Morgan fingerprint density at radius 1 is 0.864 bits per heavy atom. The van der Waals surface area contributed by atoms with Gasteiger partial charge in [-0.05, 0) is 105 Å². The van der Waals surface area contributed by atoms with E-state index in [0.717, 1.165) is 38.5 Å². The van der Waals surface area contributed by atoms with E-state index in [4.69, 9.17) is 30.5 Å². The zero-order valence-corrected chi connectivity index (χ0v) is 28.3. The van der Waals surface area contributed by atoms with Crippen LogP contribution in [0.2, 0.25) is 0 Å². The van der Waals surface area contributed by atoms with Crippen LogP contribution in [0.25, 0.3) is 0 Å². The number of aliphatic hydroxyl groups excluding tert-OH is 4. The Bertz CT molecular complexity index is 1210. The van der Waals surface area contributed by atoms with E-state index in [0.29, 0.717) is 17.8 Å². The predicted octanol–water partition coefficient (Wildman–Crippen LogP) is 4.37. The molecule has 0 amide bonds. The highest BCUT2D eigenvalue weighted by Crippen LogP contribution is 2.90. The SMILES string of the molecule is C[C@@H]1C[C@H]2O[C@@]3(O[C@@H]2C(C)(C)Cl)[C@H](O)[C@@]2(C)[C@@H]4CC[C@H]5C(C)(C)[C@@H](O[C@@H]6OC[C@@H](O)[C@H](O)[C@H]6O)CC[C@@]56C[C@@]46CC[C@]2(C)[C@@H]13. The van der Waals surface area contributed by atoms with E-state index in [2.05, 4.69) is 34.6 Å². The molecule has 8 aliphatic rings. The van der Waals surface area contributed by atoms with Crippen LogP contribution in [0.5, 0.6) is 0 Å². The van der Waals surface area contributed by atoms with Crippen LogP contribution < -0.4 is 0 Å². The number of rotatable bonds is 3. The van der Waals surface area contributed by atoms with E-state index in [1.54, 1.807) is 0 Å². The Hall–Kier alpha value is -0.0300. The summed E-state index contributed by atoms with van der Waals surface area (Å²) >= 11 is 6.91. The minimum absolute atomic E-state index is 0.0493. The van der Waals surface area contributed by atoms with Gasteiger partial charge in [-0.3, -0.25) is 0 Å². The molecule has 44 heavy (non-hydrogen) atoms. The third-order valence-electron chi connectivity index (χ3n) is 15.9. The number of halogens is 1. The topological polar surface area (TPSA) is 118 Å². The van der Waals surface area contributed by atoms with Gasteiger partial charge in [0.15, 0.2) is 12.1 Å². The van der Waals surface area contributed by atoms with Crippen molar-refractivity contribution in [2.24, 2.45) is 50.7 Å². The molecule has 5 aliphatic carbocycles. The number of hydrogen-bond acceptors (Lipinski definition) is 8. The van der Waals surface area contributed by atoms with Crippen LogP contribution in [-0.2, 0) is 18.9 Å². The summed E-state index contributed by atoms with van der Waals surface area (Å²) in [5.74, 6) is 0.334. The summed E-state index contributed by atoms with van der Waals surface area (Å²) in [7, 11) is 0. The molecule has 0 aromatic rings. The Balaban J connectivity index is 1.10. The van der Waals surface area contributed by atoms with Crippen molar-refractivity contribution in [2.45, 2.75) is 160 Å². The molecule has 9 heteroatoms. The number of ether oxygens (including phenoxy) is 4. The van der Waals surface area contributed by atoms with Crippen LogP contribution in [0.3, 0.4) is 0 Å². The normalized spacial score (nSPS) is 62.2. The van der Waals surface area contributed by atoms with Gasteiger partial charge in [0.25, 0.3) is 0 Å². The second-order valence-corrected chi connectivity index (χ2v) is 19.2. The molecule has 8 fully saturated rings. The number of fused-ring (bicyclic) bond motifs is 4. The molecule has 8 nitrogen and oxygen atoms in total. The second-order valence-electron chi connectivity index (χ2n) is 18.2. The second kappa shape index (κ2) is 9.15. The molecule has 8 rings (SSSR count). The molecule has 4 N–H and O–H groups in total. The molecule has 17 atom stereocenters. The fourth-order valence-corrected chi connectivity index (χ4v) is 14.1. The first-order chi connectivity index (χ1) is 20.4. The average molecular weight is 639 g/mol. The van der Waals surface area contributed by atoms with E-state index in [1.807, 2.05) is 13.8 Å². The molecule has 0 aromatic heterocycles. The van der Waals surface area contributed by atoms with Crippen LogP contribution in [0, 0.1) is 50.7 Å². The van der Waals surface area contributed by atoms with Gasteiger partial charge >= 0.3 is 0 Å². The zero-order valence-electron chi connectivity index (χ0n) is 27.6. The zero-order chi connectivity index (χ0) is 31.6. The van der Waals surface area contributed by atoms with E-state index in [1.165, 1.54) is 12.8 Å². The quantitative estimate of drug-likeness (QED) is 0.266. The maximum absolute atomic E-state index is 12.7. The van der Waals surface area contributed by atoms with Crippen molar-refractivity contribution in [3.8, 4) is 0 Å². The lowest BCUT2D eigenvalue weighted by molar-refractivity contribution is -0.303. The molecule has 3 heterocycles. The predicted molar refractivity (Wildman–Crippen MR) is 162 cm³/mol. The van der Waals surface area contributed by atoms with Crippen molar-refractivity contribution in [3.63, 3.8) is 0 Å². The van der Waals surface area contributed by atoms with Gasteiger partial charge in [-0.2, -0.15) is 0 Å². The summed E-state index contributed by atoms with van der Waals surface area (Å²) in [6.07, 6.45) is 2.63. The molecular weight excluding hydrogens is 584 g/mol. The van der Waals surface area contributed by atoms with Crippen molar-refractivity contribution < 1.29 is 39.4 Å².